The maximum atomic E-state index is 11.6. The first kappa shape index (κ1) is 8.67. The summed E-state index contributed by atoms with van der Waals surface area (Å²) >= 11 is 3.30. The molecule has 0 aliphatic rings. The third-order valence-corrected chi connectivity index (χ3v) is 2.66. The van der Waals surface area contributed by atoms with E-state index < -0.39 is 0 Å². The Balaban J connectivity index is 2.66. The molecule has 0 amide bonds. The molecular weight excluding hydrogens is 260 g/mol. The molecule has 3 aromatic rings. The van der Waals surface area contributed by atoms with Gasteiger partial charge >= 0.3 is 0 Å². The first-order valence-electron chi connectivity index (χ1n) is 4.30. The molecule has 4 nitrogen and oxygen atoms in total. The lowest BCUT2D eigenvalue weighted by molar-refractivity contribution is 0.618. The Morgan fingerprint density at radius 2 is 2.33 bits per heavy atom. The van der Waals surface area contributed by atoms with Crippen molar-refractivity contribution in [3.05, 3.63) is 39.4 Å². The molecule has 1 N–H and O–H groups in total. The van der Waals surface area contributed by atoms with Crippen LogP contribution in [0.25, 0.3) is 22.0 Å². The monoisotopic (exact) mass is 264 g/mol. The minimum absolute atomic E-state index is 0.161. The molecule has 0 saturated heterocycles. The van der Waals surface area contributed by atoms with Crippen molar-refractivity contribution in [3.63, 3.8) is 0 Å². The first-order valence-corrected chi connectivity index (χ1v) is 5.10. The van der Waals surface area contributed by atoms with Gasteiger partial charge in [0.1, 0.15) is 5.52 Å². The number of hydrogen-bond acceptors (Lipinski definition) is 3. The van der Waals surface area contributed by atoms with Crippen LogP contribution in [-0.2, 0) is 0 Å². The standard InChI is InChI=1S/C10H5BrN2O2/c11-5-3-7-8(12-4-5)9-6(1-2-15-9)10(14)13-7/h1-4H,(H,13,14). The minimum Gasteiger partial charge on any atom is -0.462 e. The first-order chi connectivity index (χ1) is 7.25. The largest absolute Gasteiger partial charge is 0.462 e. The molecule has 15 heavy (non-hydrogen) atoms. The molecule has 5 heteroatoms. The van der Waals surface area contributed by atoms with E-state index in [2.05, 4.69) is 25.9 Å². The Kier molecular flexibility index (Phi) is 1.70. The lowest BCUT2D eigenvalue weighted by Gasteiger charge is -1.97. The second-order valence-corrected chi connectivity index (χ2v) is 4.08. The van der Waals surface area contributed by atoms with Crippen LogP contribution in [0.15, 0.2) is 38.3 Å². The van der Waals surface area contributed by atoms with Gasteiger partial charge in [-0.05, 0) is 28.1 Å². The van der Waals surface area contributed by atoms with Gasteiger partial charge in [0.25, 0.3) is 5.56 Å². The topological polar surface area (TPSA) is 58.9 Å². The second-order valence-electron chi connectivity index (χ2n) is 3.17. The van der Waals surface area contributed by atoms with E-state index in [0.717, 1.165) is 4.47 Å². The number of nitrogens with zero attached hydrogens (tertiary/aromatic N) is 1. The zero-order valence-electron chi connectivity index (χ0n) is 7.45. The number of halogens is 1. The van der Waals surface area contributed by atoms with Gasteiger partial charge in [0.05, 0.1) is 17.2 Å². The lowest BCUT2D eigenvalue weighted by Crippen LogP contribution is -2.05. The normalized spacial score (nSPS) is 11.3. The highest BCUT2D eigenvalue weighted by atomic mass is 79.9. The highest BCUT2D eigenvalue weighted by Gasteiger charge is 2.08. The number of rotatable bonds is 0. The molecule has 0 radical (unpaired) electrons. The number of fused-ring (bicyclic) bond motifs is 3. The highest BCUT2D eigenvalue weighted by Crippen LogP contribution is 2.21. The average Bonchev–Trinajstić information content (AvgIpc) is 2.66. The van der Waals surface area contributed by atoms with Crippen molar-refractivity contribution in [1.29, 1.82) is 0 Å². The minimum atomic E-state index is -0.161. The van der Waals surface area contributed by atoms with Crippen LogP contribution in [0, 0.1) is 0 Å². The molecule has 3 aromatic heterocycles. The van der Waals surface area contributed by atoms with Crippen molar-refractivity contribution in [3.8, 4) is 0 Å². The number of aromatic nitrogens is 2. The Morgan fingerprint density at radius 3 is 3.20 bits per heavy atom. The third-order valence-electron chi connectivity index (χ3n) is 2.23. The highest BCUT2D eigenvalue weighted by molar-refractivity contribution is 9.10. The number of H-pyrrole nitrogens is 1. The molecule has 0 fully saturated rings. The molecule has 0 aliphatic carbocycles. The van der Waals surface area contributed by atoms with Gasteiger partial charge in [-0.25, -0.2) is 4.98 Å². The number of hydrogen-bond donors (Lipinski definition) is 1. The fourth-order valence-electron chi connectivity index (χ4n) is 1.58. The predicted octanol–water partition coefficient (Wildman–Crippen LogP) is 2.43. The fraction of sp³-hybridized carbons (Fsp3) is 0. The summed E-state index contributed by atoms with van der Waals surface area (Å²) < 4.78 is 6.07. The molecular formula is C10H5BrN2O2. The van der Waals surface area contributed by atoms with E-state index in [1.165, 1.54) is 6.26 Å². The summed E-state index contributed by atoms with van der Waals surface area (Å²) in [6, 6.07) is 3.43. The zero-order chi connectivity index (χ0) is 10.4. The Bertz CT molecular complexity index is 714. The number of nitrogens with one attached hydrogen (secondary N) is 1. The van der Waals surface area contributed by atoms with E-state index in [4.69, 9.17) is 4.42 Å². The van der Waals surface area contributed by atoms with Gasteiger partial charge in [-0.15, -0.1) is 0 Å². The Labute approximate surface area is 92.1 Å². The number of furan rings is 1. The van der Waals surface area contributed by atoms with Gasteiger partial charge < -0.3 is 9.40 Å². The summed E-state index contributed by atoms with van der Waals surface area (Å²) in [5, 5.41) is 0.525. The smallest absolute Gasteiger partial charge is 0.259 e. The number of pyridine rings is 2. The average molecular weight is 265 g/mol. The lowest BCUT2D eigenvalue weighted by atomic mass is 10.2. The van der Waals surface area contributed by atoms with E-state index in [1.807, 2.05) is 0 Å². The summed E-state index contributed by atoms with van der Waals surface area (Å²) in [6.07, 6.45) is 3.16. The van der Waals surface area contributed by atoms with Crippen LogP contribution in [0.5, 0.6) is 0 Å². The van der Waals surface area contributed by atoms with Crippen LogP contribution in [0.3, 0.4) is 0 Å². The third kappa shape index (κ3) is 1.20. The van der Waals surface area contributed by atoms with Crippen molar-refractivity contribution < 1.29 is 4.42 Å². The molecule has 3 rings (SSSR count). The summed E-state index contributed by atoms with van der Waals surface area (Å²) in [5.74, 6) is 0. The molecule has 0 unspecified atom stereocenters. The van der Waals surface area contributed by atoms with Crippen molar-refractivity contribution in [2.24, 2.45) is 0 Å². The maximum Gasteiger partial charge on any atom is 0.259 e. The molecule has 0 bridgehead atoms. The molecule has 0 aliphatic heterocycles. The van der Waals surface area contributed by atoms with Crippen molar-refractivity contribution in [1.82, 2.24) is 9.97 Å². The van der Waals surface area contributed by atoms with Gasteiger partial charge in [0.15, 0.2) is 5.58 Å². The number of aromatic amines is 1. The summed E-state index contributed by atoms with van der Waals surface area (Å²) in [5.41, 5.74) is 1.70. The van der Waals surface area contributed by atoms with Crippen LogP contribution < -0.4 is 5.56 Å². The summed E-state index contributed by atoms with van der Waals surface area (Å²) in [6.45, 7) is 0. The molecule has 0 saturated carbocycles. The van der Waals surface area contributed by atoms with Crippen LogP contribution in [0.1, 0.15) is 0 Å². The molecule has 0 spiro atoms. The van der Waals surface area contributed by atoms with E-state index in [1.54, 1.807) is 18.3 Å². The summed E-state index contributed by atoms with van der Waals surface area (Å²) in [7, 11) is 0. The van der Waals surface area contributed by atoms with Crippen LogP contribution >= 0.6 is 15.9 Å². The molecule has 0 aromatic carbocycles. The Hall–Kier alpha value is -1.62. The van der Waals surface area contributed by atoms with E-state index in [9.17, 15) is 4.79 Å². The van der Waals surface area contributed by atoms with Crippen LogP contribution in [0.2, 0.25) is 0 Å². The van der Waals surface area contributed by atoms with Crippen molar-refractivity contribution in [2.45, 2.75) is 0 Å². The van der Waals surface area contributed by atoms with Gasteiger partial charge in [0.2, 0.25) is 0 Å². The van der Waals surface area contributed by atoms with Gasteiger partial charge in [-0.1, -0.05) is 0 Å². The van der Waals surface area contributed by atoms with Crippen LogP contribution in [-0.4, -0.2) is 9.97 Å². The van der Waals surface area contributed by atoms with Gasteiger partial charge in [0, 0.05) is 10.7 Å². The van der Waals surface area contributed by atoms with Crippen molar-refractivity contribution in [2.75, 3.05) is 0 Å². The molecule has 0 atom stereocenters. The summed E-state index contributed by atoms with van der Waals surface area (Å²) in [4.78, 5) is 18.6. The van der Waals surface area contributed by atoms with Gasteiger partial charge in [-0.2, -0.15) is 0 Å². The predicted molar refractivity (Wildman–Crippen MR) is 59.8 cm³/mol. The van der Waals surface area contributed by atoms with Crippen LogP contribution in [0.4, 0.5) is 0 Å². The molecule has 3 heterocycles. The quantitative estimate of drug-likeness (QED) is 0.679. The molecule has 74 valence electrons. The zero-order valence-corrected chi connectivity index (χ0v) is 9.04. The fourth-order valence-corrected chi connectivity index (χ4v) is 1.91. The van der Waals surface area contributed by atoms with E-state index in [-0.39, 0.29) is 5.56 Å². The maximum absolute atomic E-state index is 11.6. The second kappa shape index (κ2) is 2.93. The van der Waals surface area contributed by atoms with E-state index >= 15 is 0 Å². The van der Waals surface area contributed by atoms with Crippen molar-refractivity contribution >= 4 is 37.9 Å². The van der Waals surface area contributed by atoms with Gasteiger partial charge in [-0.3, -0.25) is 4.79 Å². The Morgan fingerprint density at radius 1 is 1.47 bits per heavy atom. The SMILES string of the molecule is O=c1[nH]c2cc(Br)cnc2c2occc12. The van der Waals surface area contributed by atoms with E-state index in [0.29, 0.717) is 22.0 Å².